The molecule has 0 spiro atoms. The molecule has 1 amide bonds. The molecule has 0 radical (unpaired) electrons. The number of benzene rings is 1. The van der Waals surface area contributed by atoms with Gasteiger partial charge in [-0.1, -0.05) is 0 Å². The molecule has 4 aromatic rings. The van der Waals surface area contributed by atoms with E-state index in [4.69, 9.17) is 4.74 Å². The Labute approximate surface area is 213 Å². The number of likely N-dealkylation sites (tertiary alicyclic amines) is 1. The van der Waals surface area contributed by atoms with Crippen LogP contribution in [0.3, 0.4) is 0 Å². The lowest BCUT2D eigenvalue weighted by Crippen LogP contribution is -2.39. The van der Waals surface area contributed by atoms with E-state index in [2.05, 4.69) is 49.4 Å². The first kappa shape index (κ1) is 23.2. The van der Waals surface area contributed by atoms with Crippen LogP contribution in [-0.4, -0.2) is 75.7 Å². The molecule has 10 heteroatoms. The number of carbonyl (C=O) groups is 1. The number of hydrogen-bond acceptors (Lipinski definition) is 8. The summed E-state index contributed by atoms with van der Waals surface area (Å²) in [5, 5.41) is 12.7. The molecule has 1 aliphatic heterocycles. The van der Waals surface area contributed by atoms with Crippen molar-refractivity contribution in [1.29, 1.82) is 0 Å². The maximum atomic E-state index is 13.3. The predicted molar refractivity (Wildman–Crippen MR) is 142 cm³/mol. The second kappa shape index (κ2) is 9.33. The molecule has 2 N–H and O–H groups in total. The topological polar surface area (TPSA) is 99.3 Å². The van der Waals surface area contributed by atoms with Crippen LogP contribution in [0.2, 0.25) is 0 Å². The van der Waals surface area contributed by atoms with Crippen molar-refractivity contribution in [3.63, 3.8) is 0 Å². The molecule has 4 heterocycles. The standard InChI is InChI=1S/C26H31N7O2S/c1-4-35-21-11-19-16(12-29-31-19)9-20(21)30-24-23-18-6-5-15(10-22(18)36-25(23)28-14-27-24)26(34)33-8-7-17(13-33)32(2)3/h9,11-12,14-15,17H,4-8,10,13H2,1-3H3,(H,29,31)(H,27,28,30)/t15-,17-/m0/s1. The normalized spacial score (nSPS) is 19.8. The highest BCUT2D eigenvalue weighted by Crippen LogP contribution is 2.42. The molecule has 1 fully saturated rings. The quantitative estimate of drug-likeness (QED) is 0.409. The van der Waals surface area contributed by atoms with E-state index < -0.39 is 0 Å². The SMILES string of the molecule is CCOc1cc2[nH]ncc2cc1Nc1ncnc2sc3c(c12)CC[C@H](C(=O)N1CC[C@H](N(C)C)C1)C3. The number of fused-ring (bicyclic) bond motifs is 4. The summed E-state index contributed by atoms with van der Waals surface area (Å²) in [7, 11) is 4.19. The van der Waals surface area contributed by atoms with E-state index in [1.165, 1.54) is 10.4 Å². The molecule has 9 nitrogen and oxygen atoms in total. The van der Waals surface area contributed by atoms with E-state index >= 15 is 0 Å². The van der Waals surface area contributed by atoms with Gasteiger partial charge in [0.2, 0.25) is 5.91 Å². The molecule has 1 saturated heterocycles. The number of aromatic amines is 1. The minimum Gasteiger partial charge on any atom is -0.492 e. The molecule has 2 atom stereocenters. The summed E-state index contributed by atoms with van der Waals surface area (Å²) in [6.07, 6.45) is 6.97. The van der Waals surface area contributed by atoms with Crippen molar-refractivity contribution in [2.45, 2.75) is 38.6 Å². The smallest absolute Gasteiger partial charge is 0.226 e. The van der Waals surface area contributed by atoms with Crippen LogP contribution in [0.15, 0.2) is 24.7 Å². The number of thiophene rings is 1. The van der Waals surface area contributed by atoms with Crippen LogP contribution >= 0.6 is 11.3 Å². The zero-order valence-electron chi connectivity index (χ0n) is 20.9. The van der Waals surface area contributed by atoms with Gasteiger partial charge in [0, 0.05) is 41.4 Å². The number of aromatic nitrogens is 4. The highest BCUT2D eigenvalue weighted by atomic mass is 32.1. The van der Waals surface area contributed by atoms with Gasteiger partial charge in [-0.3, -0.25) is 9.89 Å². The van der Waals surface area contributed by atoms with Crippen LogP contribution in [-0.2, 0) is 17.6 Å². The number of nitrogens with one attached hydrogen (secondary N) is 2. The van der Waals surface area contributed by atoms with Gasteiger partial charge in [-0.05, 0) is 58.3 Å². The number of likely N-dealkylation sites (N-methyl/N-ethyl adjacent to an activating group) is 1. The zero-order valence-corrected chi connectivity index (χ0v) is 21.7. The van der Waals surface area contributed by atoms with E-state index in [1.54, 1.807) is 23.9 Å². The van der Waals surface area contributed by atoms with Crippen LogP contribution in [0.25, 0.3) is 21.1 Å². The molecular weight excluding hydrogens is 474 g/mol. The van der Waals surface area contributed by atoms with E-state index in [9.17, 15) is 4.79 Å². The number of hydrogen-bond donors (Lipinski definition) is 2. The number of ether oxygens (including phenoxy) is 1. The fourth-order valence-corrected chi connectivity index (χ4v) is 6.78. The average Bonchev–Trinajstić information content (AvgIpc) is 3.61. The summed E-state index contributed by atoms with van der Waals surface area (Å²) in [5.74, 6) is 1.88. The Kier molecular flexibility index (Phi) is 6.00. The molecule has 0 unspecified atom stereocenters. The molecule has 0 saturated carbocycles. The van der Waals surface area contributed by atoms with Crippen LogP contribution in [0.4, 0.5) is 11.5 Å². The summed E-state index contributed by atoms with van der Waals surface area (Å²) >= 11 is 1.70. The number of nitrogens with zero attached hydrogens (tertiary/aromatic N) is 5. The number of anilines is 2. The third-order valence-electron chi connectivity index (χ3n) is 7.49. The molecule has 6 rings (SSSR count). The first-order valence-corrected chi connectivity index (χ1v) is 13.4. The van der Waals surface area contributed by atoms with Gasteiger partial charge in [0.15, 0.2) is 0 Å². The highest BCUT2D eigenvalue weighted by Gasteiger charge is 2.35. The Morgan fingerprint density at radius 2 is 2.19 bits per heavy atom. The highest BCUT2D eigenvalue weighted by molar-refractivity contribution is 7.19. The Morgan fingerprint density at radius 3 is 3.00 bits per heavy atom. The van der Waals surface area contributed by atoms with Gasteiger partial charge < -0.3 is 19.9 Å². The number of H-pyrrole nitrogens is 1. The van der Waals surface area contributed by atoms with Crippen LogP contribution in [0.5, 0.6) is 5.75 Å². The number of aryl methyl sites for hydroxylation is 1. The van der Waals surface area contributed by atoms with Gasteiger partial charge in [0.25, 0.3) is 0 Å². The lowest BCUT2D eigenvalue weighted by molar-refractivity contribution is -0.134. The van der Waals surface area contributed by atoms with Gasteiger partial charge in [0.1, 0.15) is 22.7 Å². The first-order chi connectivity index (χ1) is 17.5. The van der Waals surface area contributed by atoms with E-state index in [0.717, 1.165) is 77.1 Å². The van der Waals surface area contributed by atoms with Crippen LogP contribution in [0.1, 0.15) is 30.2 Å². The van der Waals surface area contributed by atoms with Gasteiger partial charge >= 0.3 is 0 Å². The monoisotopic (exact) mass is 505 g/mol. The first-order valence-electron chi connectivity index (χ1n) is 12.6. The minimum atomic E-state index is 0.0453. The third kappa shape index (κ3) is 4.08. The maximum absolute atomic E-state index is 13.3. The summed E-state index contributed by atoms with van der Waals surface area (Å²) in [4.78, 5) is 29.1. The fraction of sp³-hybridized carbons (Fsp3) is 0.462. The van der Waals surface area contributed by atoms with Crippen molar-refractivity contribution in [3.05, 3.63) is 35.1 Å². The van der Waals surface area contributed by atoms with Crippen molar-refractivity contribution >= 4 is 49.9 Å². The molecule has 0 bridgehead atoms. The number of rotatable bonds is 6. The Hall–Kier alpha value is -3.24. The molecule has 1 aromatic carbocycles. The lowest BCUT2D eigenvalue weighted by atomic mass is 9.87. The van der Waals surface area contributed by atoms with Crippen molar-refractivity contribution in [3.8, 4) is 5.75 Å². The second-order valence-electron chi connectivity index (χ2n) is 9.90. The molecule has 3 aromatic heterocycles. The van der Waals surface area contributed by atoms with Gasteiger partial charge in [0.05, 0.1) is 29.4 Å². The second-order valence-corrected chi connectivity index (χ2v) is 11.0. The predicted octanol–water partition coefficient (Wildman–Crippen LogP) is 3.98. The van der Waals surface area contributed by atoms with Crippen molar-refractivity contribution in [2.75, 3.05) is 39.1 Å². The zero-order chi connectivity index (χ0) is 24.8. The van der Waals surface area contributed by atoms with E-state index in [1.807, 2.05) is 19.1 Å². The van der Waals surface area contributed by atoms with E-state index in [-0.39, 0.29) is 5.92 Å². The van der Waals surface area contributed by atoms with Crippen LogP contribution < -0.4 is 10.1 Å². The van der Waals surface area contributed by atoms with Crippen molar-refractivity contribution in [1.82, 2.24) is 30.0 Å². The summed E-state index contributed by atoms with van der Waals surface area (Å²) in [6.45, 7) is 4.23. The molecule has 1 aliphatic carbocycles. The third-order valence-corrected chi connectivity index (χ3v) is 8.66. The largest absolute Gasteiger partial charge is 0.492 e. The van der Waals surface area contributed by atoms with Gasteiger partial charge in [-0.15, -0.1) is 11.3 Å². The Morgan fingerprint density at radius 1 is 1.31 bits per heavy atom. The Bertz CT molecular complexity index is 1430. The van der Waals surface area contributed by atoms with Gasteiger partial charge in [-0.25, -0.2) is 9.97 Å². The summed E-state index contributed by atoms with van der Waals surface area (Å²) in [5.41, 5.74) is 3.05. The Balaban J connectivity index is 1.28. The molecule has 188 valence electrons. The van der Waals surface area contributed by atoms with Crippen molar-refractivity contribution in [2.24, 2.45) is 5.92 Å². The number of carbonyl (C=O) groups excluding carboxylic acids is 1. The van der Waals surface area contributed by atoms with Crippen LogP contribution in [0, 0.1) is 5.92 Å². The van der Waals surface area contributed by atoms with Gasteiger partial charge in [-0.2, -0.15) is 5.10 Å². The summed E-state index contributed by atoms with van der Waals surface area (Å²) < 4.78 is 5.91. The lowest BCUT2D eigenvalue weighted by Gasteiger charge is -2.27. The summed E-state index contributed by atoms with van der Waals surface area (Å²) in [6, 6.07) is 4.46. The maximum Gasteiger partial charge on any atom is 0.226 e. The fourth-order valence-electron chi connectivity index (χ4n) is 5.51. The molecule has 36 heavy (non-hydrogen) atoms. The molecular formula is C26H31N7O2S. The van der Waals surface area contributed by atoms with Crippen molar-refractivity contribution < 1.29 is 9.53 Å². The minimum absolute atomic E-state index is 0.0453. The molecule has 2 aliphatic rings. The average molecular weight is 506 g/mol. The number of amides is 1. The van der Waals surface area contributed by atoms with E-state index in [0.29, 0.717) is 18.6 Å².